The van der Waals surface area contributed by atoms with Crippen LogP contribution >= 0.6 is 0 Å². The smallest absolute Gasteiger partial charge is 0.126 e. The molecule has 0 radical (unpaired) electrons. The molecule has 5 rings (SSSR count). The van der Waals surface area contributed by atoms with Crippen molar-refractivity contribution in [2.24, 2.45) is 17.8 Å². The van der Waals surface area contributed by atoms with E-state index in [0.29, 0.717) is 5.92 Å². The van der Waals surface area contributed by atoms with Crippen LogP contribution in [0, 0.1) is 23.8 Å². The van der Waals surface area contributed by atoms with E-state index < -0.39 is 0 Å². The summed E-state index contributed by atoms with van der Waals surface area (Å²) in [4.78, 5) is 0. The second-order valence-electron chi connectivity index (χ2n) is 10.7. The summed E-state index contributed by atoms with van der Waals surface area (Å²) in [5.41, 5.74) is 6.60. The van der Waals surface area contributed by atoms with E-state index in [9.17, 15) is 0 Å². The van der Waals surface area contributed by atoms with Gasteiger partial charge >= 0.3 is 0 Å². The molecule has 184 valence electrons. The van der Waals surface area contributed by atoms with Gasteiger partial charge in [-0.2, -0.15) is 0 Å². The van der Waals surface area contributed by atoms with Gasteiger partial charge in [0.05, 0.1) is 6.72 Å². The molecule has 4 atom stereocenters. The van der Waals surface area contributed by atoms with Gasteiger partial charge in [-0.05, 0) is 47.8 Å². The maximum absolute atomic E-state index is 4.68. The first kappa shape index (κ1) is 24.0. The fraction of sp³-hybridized carbons (Fsp3) is 0.455. The first-order chi connectivity index (χ1) is 17.2. The van der Waals surface area contributed by atoms with Crippen LogP contribution in [0.15, 0.2) is 72.5 Å². The minimum absolute atomic E-state index is 0.0531. The van der Waals surface area contributed by atoms with Crippen molar-refractivity contribution in [2.75, 3.05) is 5.32 Å². The third kappa shape index (κ3) is 4.85. The SMILES string of the molecule is C=[N+]1C(C(Nc2c(CC)cccc2CC)c2ccccc2)=CC=C[C-]1C1CCCC2CCCCC21. The summed E-state index contributed by atoms with van der Waals surface area (Å²) in [6, 6.07) is 19.1. The Morgan fingerprint density at radius 3 is 2.37 bits per heavy atom. The molecule has 0 saturated heterocycles. The number of benzene rings is 2. The van der Waals surface area contributed by atoms with E-state index in [-0.39, 0.29) is 6.04 Å². The normalized spacial score (nSPS) is 25.1. The van der Waals surface area contributed by atoms with Gasteiger partial charge in [-0.1, -0.05) is 113 Å². The first-order valence-electron chi connectivity index (χ1n) is 14.0. The van der Waals surface area contributed by atoms with Crippen molar-refractivity contribution in [1.29, 1.82) is 0 Å². The molecular weight excluding hydrogens is 424 g/mol. The molecule has 1 N–H and O–H groups in total. The van der Waals surface area contributed by atoms with Gasteiger partial charge in [0.15, 0.2) is 0 Å². The van der Waals surface area contributed by atoms with Crippen LogP contribution in [0.3, 0.4) is 0 Å². The summed E-state index contributed by atoms with van der Waals surface area (Å²) in [7, 11) is 0. The highest BCUT2D eigenvalue weighted by Gasteiger charge is 2.41. The maximum Gasteiger partial charge on any atom is 0.126 e. The molecule has 0 spiro atoms. The molecule has 0 bridgehead atoms. The monoisotopic (exact) mass is 466 g/mol. The number of hydrogen-bond acceptors (Lipinski definition) is 1. The molecule has 2 fully saturated rings. The van der Waals surface area contributed by atoms with Crippen LogP contribution in [0.1, 0.15) is 81.5 Å². The molecular formula is C33H42N2. The Kier molecular flexibility index (Phi) is 7.46. The Morgan fingerprint density at radius 1 is 0.914 bits per heavy atom. The number of allylic oxidation sites excluding steroid dienone is 2. The van der Waals surface area contributed by atoms with Gasteiger partial charge in [0.1, 0.15) is 17.8 Å². The third-order valence-electron chi connectivity index (χ3n) is 8.83. The van der Waals surface area contributed by atoms with E-state index in [0.717, 1.165) is 24.7 Å². The molecule has 2 aromatic carbocycles. The largest absolute Gasteiger partial charge is 0.376 e. The van der Waals surface area contributed by atoms with Crippen molar-refractivity contribution in [3.05, 3.63) is 95.2 Å². The Bertz CT molecular complexity index is 1060. The average Bonchev–Trinajstić information content (AvgIpc) is 2.92. The molecule has 0 aromatic heterocycles. The van der Waals surface area contributed by atoms with Gasteiger partial charge in [0.25, 0.3) is 0 Å². The number of nitrogens with zero attached hydrogens (tertiary/aromatic N) is 1. The van der Waals surface area contributed by atoms with Crippen molar-refractivity contribution in [3.63, 3.8) is 0 Å². The summed E-state index contributed by atoms with van der Waals surface area (Å²) in [6.45, 7) is 9.19. The summed E-state index contributed by atoms with van der Waals surface area (Å²) in [5, 5.41) is 4.02. The summed E-state index contributed by atoms with van der Waals surface area (Å²) in [5.74, 6) is 2.38. The molecule has 2 saturated carbocycles. The van der Waals surface area contributed by atoms with Crippen LogP contribution in [-0.2, 0) is 12.8 Å². The molecule has 35 heavy (non-hydrogen) atoms. The number of fused-ring (bicyclic) bond motifs is 1. The van der Waals surface area contributed by atoms with Gasteiger partial charge in [-0.3, -0.25) is 4.58 Å². The van der Waals surface area contributed by atoms with Crippen LogP contribution in [0.4, 0.5) is 5.69 Å². The lowest BCUT2D eigenvalue weighted by atomic mass is 9.63. The predicted molar refractivity (Wildman–Crippen MR) is 149 cm³/mol. The Hall–Kier alpha value is -2.74. The second kappa shape index (κ2) is 10.9. The van der Waals surface area contributed by atoms with Crippen LogP contribution < -0.4 is 5.32 Å². The number of aryl methyl sites for hydroxylation is 2. The van der Waals surface area contributed by atoms with Crippen LogP contribution in [-0.4, -0.2) is 11.3 Å². The second-order valence-corrected chi connectivity index (χ2v) is 10.7. The summed E-state index contributed by atoms with van der Waals surface area (Å²) in [6.07, 6.45) is 18.7. The number of nitrogens with one attached hydrogen (secondary N) is 1. The zero-order chi connectivity index (χ0) is 24.2. The summed E-state index contributed by atoms with van der Waals surface area (Å²) >= 11 is 0. The van der Waals surface area contributed by atoms with Gasteiger partial charge in [-0.15, -0.1) is 6.08 Å². The quantitative estimate of drug-likeness (QED) is 0.320. The first-order valence-corrected chi connectivity index (χ1v) is 14.0. The lowest BCUT2D eigenvalue weighted by Gasteiger charge is -2.45. The van der Waals surface area contributed by atoms with Gasteiger partial charge < -0.3 is 5.32 Å². The Labute approximate surface area is 212 Å². The predicted octanol–water partition coefficient (Wildman–Crippen LogP) is 8.27. The molecule has 3 aliphatic rings. The fourth-order valence-corrected chi connectivity index (χ4v) is 7.00. The highest BCUT2D eigenvalue weighted by molar-refractivity contribution is 5.60. The molecule has 2 aliphatic carbocycles. The van der Waals surface area contributed by atoms with Gasteiger partial charge in [-0.25, -0.2) is 0 Å². The number of hydrogen-bond donors (Lipinski definition) is 1. The minimum Gasteiger partial charge on any atom is -0.376 e. The zero-order valence-corrected chi connectivity index (χ0v) is 21.7. The zero-order valence-electron chi connectivity index (χ0n) is 21.7. The topological polar surface area (TPSA) is 15.0 Å². The van der Waals surface area contributed by atoms with Crippen LogP contribution in [0.2, 0.25) is 0 Å². The Morgan fingerprint density at radius 2 is 1.63 bits per heavy atom. The van der Waals surface area contributed by atoms with E-state index in [1.807, 2.05) is 0 Å². The number of anilines is 1. The lowest BCUT2D eigenvalue weighted by Crippen LogP contribution is -2.39. The maximum atomic E-state index is 4.68. The van der Waals surface area contributed by atoms with Crippen molar-refractivity contribution >= 4 is 12.4 Å². The van der Waals surface area contributed by atoms with E-state index >= 15 is 0 Å². The average molecular weight is 467 g/mol. The Balaban J connectivity index is 1.49. The molecule has 1 aliphatic heterocycles. The molecule has 2 aromatic rings. The lowest BCUT2D eigenvalue weighted by molar-refractivity contribution is -0.463. The summed E-state index contributed by atoms with van der Waals surface area (Å²) < 4.78 is 2.30. The standard InChI is InChI=1S/C33H42N2/c1-4-24-17-11-18-25(5-2)32(24)34-33(27-15-7-6-8-16-27)31-23-13-22-30(35(31)3)29-21-12-19-26-14-9-10-20-28(26)29/h6-8,11,13,15-18,22-23,26,28-29,33-34H,3-5,9-10,12,14,19-21H2,1-2H3. The van der Waals surface area contributed by atoms with Crippen molar-refractivity contribution in [1.82, 2.24) is 0 Å². The van der Waals surface area contributed by atoms with Crippen molar-refractivity contribution in [2.45, 2.75) is 77.7 Å². The van der Waals surface area contributed by atoms with Crippen LogP contribution in [0.25, 0.3) is 0 Å². The molecule has 1 heterocycles. The van der Waals surface area contributed by atoms with Gasteiger partial charge in [0, 0.05) is 11.6 Å². The third-order valence-corrected chi connectivity index (χ3v) is 8.83. The van der Waals surface area contributed by atoms with E-state index in [2.05, 4.69) is 97.2 Å². The molecule has 4 unspecified atom stereocenters. The molecule has 2 heteroatoms. The number of rotatable bonds is 7. The van der Waals surface area contributed by atoms with E-state index in [1.165, 1.54) is 79.1 Å². The molecule has 0 amide bonds. The minimum atomic E-state index is 0.0531. The van der Waals surface area contributed by atoms with Crippen molar-refractivity contribution < 1.29 is 4.58 Å². The highest BCUT2D eigenvalue weighted by atomic mass is 15.1. The highest BCUT2D eigenvalue weighted by Crippen LogP contribution is 2.49. The van der Waals surface area contributed by atoms with E-state index in [4.69, 9.17) is 0 Å². The fourth-order valence-electron chi connectivity index (χ4n) is 7.00. The molecule has 2 nitrogen and oxygen atoms in total. The van der Waals surface area contributed by atoms with E-state index in [1.54, 1.807) is 0 Å². The van der Waals surface area contributed by atoms with Gasteiger partial charge in [0.2, 0.25) is 0 Å². The number of para-hydroxylation sites is 1. The van der Waals surface area contributed by atoms with Crippen LogP contribution in [0.5, 0.6) is 0 Å². The van der Waals surface area contributed by atoms with Crippen molar-refractivity contribution in [3.8, 4) is 0 Å².